The highest BCUT2D eigenvalue weighted by molar-refractivity contribution is 5.94. The Balaban J connectivity index is 1.55. The van der Waals surface area contributed by atoms with Crippen molar-refractivity contribution in [3.05, 3.63) is 84.2 Å². The summed E-state index contributed by atoms with van der Waals surface area (Å²) in [7, 11) is 0. The zero-order valence-corrected chi connectivity index (χ0v) is 13.8. The van der Waals surface area contributed by atoms with E-state index >= 15 is 0 Å². The first kappa shape index (κ1) is 16.0. The van der Waals surface area contributed by atoms with Crippen LogP contribution in [0.15, 0.2) is 77.2 Å². The summed E-state index contributed by atoms with van der Waals surface area (Å²) in [6.45, 7) is 0. The van der Waals surface area contributed by atoms with Crippen molar-refractivity contribution in [2.24, 2.45) is 0 Å². The summed E-state index contributed by atoms with van der Waals surface area (Å²) in [6.07, 6.45) is 0.298. The monoisotopic (exact) mass is 346 g/mol. The molecule has 0 radical (unpaired) electrons. The van der Waals surface area contributed by atoms with Gasteiger partial charge >= 0.3 is 0 Å². The summed E-state index contributed by atoms with van der Waals surface area (Å²) in [5, 5.41) is 2.86. The molecule has 4 nitrogen and oxygen atoms in total. The van der Waals surface area contributed by atoms with Gasteiger partial charge in [-0.1, -0.05) is 36.4 Å². The van der Waals surface area contributed by atoms with Crippen LogP contribution in [0.3, 0.4) is 0 Å². The van der Waals surface area contributed by atoms with Crippen LogP contribution in [0.4, 0.5) is 10.1 Å². The second-order valence-corrected chi connectivity index (χ2v) is 5.92. The predicted octanol–water partition coefficient (Wildman–Crippen LogP) is 4.82. The Hall–Kier alpha value is -3.47. The number of anilines is 1. The van der Waals surface area contributed by atoms with Crippen LogP contribution in [-0.4, -0.2) is 10.9 Å². The maximum Gasteiger partial charge on any atom is 0.228 e. The van der Waals surface area contributed by atoms with Crippen LogP contribution in [-0.2, 0) is 11.2 Å². The number of aromatic nitrogens is 1. The van der Waals surface area contributed by atoms with Gasteiger partial charge in [-0.2, -0.15) is 0 Å². The van der Waals surface area contributed by atoms with Crippen LogP contribution < -0.4 is 5.32 Å². The van der Waals surface area contributed by atoms with E-state index in [0.717, 1.165) is 5.56 Å². The van der Waals surface area contributed by atoms with Crippen molar-refractivity contribution < 1.29 is 13.6 Å². The van der Waals surface area contributed by atoms with Crippen LogP contribution in [0.1, 0.15) is 5.56 Å². The Bertz CT molecular complexity index is 1070. The minimum Gasteiger partial charge on any atom is -0.436 e. The molecule has 0 saturated carbocycles. The molecule has 4 rings (SSSR count). The summed E-state index contributed by atoms with van der Waals surface area (Å²) < 4.78 is 19.1. The number of fused-ring (bicyclic) bond motifs is 1. The van der Waals surface area contributed by atoms with Gasteiger partial charge in [0.15, 0.2) is 5.58 Å². The number of nitrogens with one attached hydrogen (secondary N) is 1. The normalized spacial score (nSPS) is 10.8. The molecular weight excluding hydrogens is 331 g/mol. The van der Waals surface area contributed by atoms with Crippen LogP contribution >= 0.6 is 0 Å². The summed E-state index contributed by atoms with van der Waals surface area (Å²) in [5.74, 6) is -0.115. The average molecular weight is 346 g/mol. The fourth-order valence-corrected chi connectivity index (χ4v) is 2.74. The number of benzene rings is 3. The molecule has 0 aliphatic heterocycles. The lowest BCUT2D eigenvalue weighted by molar-refractivity contribution is -0.115. The molecule has 0 saturated heterocycles. The lowest BCUT2D eigenvalue weighted by Gasteiger charge is -2.04. The molecule has 26 heavy (non-hydrogen) atoms. The van der Waals surface area contributed by atoms with Gasteiger partial charge in [-0.05, 0) is 42.0 Å². The van der Waals surface area contributed by atoms with E-state index in [1.807, 2.05) is 30.3 Å². The van der Waals surface area contributed by atoms with Gasteiger partial charge in [0, 0.05) is 11.3 Å². The molecule has 0 atom stereocenters. The summed E-state index contributed by atoms with van der Waals surface area (Å²) >= 11 is 0. The Labute approximate surface area is 149 Å². The van der Waals surface area contributed by atoms with Gasteiger partial charge in [-0.3, -0.25) is 4.79 Å². The fraction of sp³-hybridized carbons (Fsp3) is 0.0476. The number of oxazole rings is 1. The van der Waals surface area contributed by atoms with Crippen molar-refractivity contribution in [3.8, 4) is 11.5 Å². The first-order chi connectivity index (χ1) is 12.7. The third-order valence-electron chi connectivity index (χ3n) is 3.95. The van der Waals surface area contributed by atoms with Crippen molar-refractivity contribution in [2.45, 2.75) is 6.42 Å². The maximum atomic E-state index is 13.4. The summed E-state index contributed by atoms with van der Waals surface area (Å²) in [4.78, 5) is 16.6. The maximum absolute atomic E-state index is 13.4. The molecule has 4 aromatic rings. The molecule has 1 aromatic heterocycles. The SMILES string of the molecule is O=C(Cc1ccccc1)Nc1ccc2oc(-c3cccc(F)c3)nc2c1. The Morgan fingerprint density at radius 1 is 1.00 bits per heavy atom. The molecule has 5 heteroatoms. The van der Waals surface area contributed by atoms with E-state index in [1.165, 1.54) is 12.1 Å². The van der Waals surface area contributed by atoms with Crippen molar-refractivity contribution in [2.75, 3.05) is 5.32 Å². The fourth-order valence-electron chi connectivity index (χ4n) is 2.74. The number of halogens is 1. The predicted molar refractivity (Wildman–Crippen MR) is 98.2 cm³/mol. The van der Waals surface area contributed by atoms with E-state index in [4.69, 9.17) is 4.42 Å². The van der Waals surface area contributed by atoms with E-state index in [2.05, 4.69) is 10.3 Å². The minimum atomic E-state index is -0.348. The Morgan fingerprint density at radius 3 is 2.65 bits per heavy atom. The molecule has 0 fully saturated rings. The first-order valence-electron chi connectivity index (χ1n) is 8.18. The molecule has 128 valence electrons. The molecule has 1 N–H and O–H groups in total. The Kier molecular flexibility index (Phi) is 4.19. The highest BCUT2D eigenvalue weighted by Crippen LogP contribution is 2.26. The second kappa shape index (κ2) is 6.80. The molecule has 0 aliphatic rings. The highest BCUT2D eigenvalue weighted by atomic mass is 19.1. The molecule has 0 aliphatic carbocycles. The Morgan fingerprint density at radius 2 is 1.85 bits per heavy atom. The lowest BCUT2D eigenvalue weighted by Crippen LogP contribution is -2.14. The van der Waals surface area contributed by atoms with E-state index in [1.54, 1.807) is 30.3 Å². The zero-order valence-electron chi connectivity index (χ0n) is 13.8. The summed E-state index contributed by atoms with van der Waals surface area (Å²) in [5.41, 5.74) is 3.32. The van der Waals surface area contributed by atoms with Gasteiger partial charge in [0.05, 0.1) is 6.42 Å². The standard InChI is InChI=1S/C21H15FN2O2/c22-16-8-4-7-15(12-16)21-24-18-13-17(9-10-19(18)26-21)23-20(25)11-14-5-2-1-3-6-14/h1-10,12-13H,11H2,(H,23,25). The topological polar surface area (TPSA) is 55.1 Å². The molecule has 0 bridgehead atoms. The van der Waals surface area contributed by atoms with E-state index in [9.17, 15) is 9.18 Å². The number of hydrogen-bond donors (Lipinski definition) is 1. The second-order valence-electron chi connectivity index (χ2n) is 5.92. The number of rotatable bonds is 4. The smallest absolute Gasteiger partial charge is 0.228 e. The number of carbonyl (C=O) groups excluding carboxylic acids is 1. The largest absolute Gasteiger partial charge is 0.436 e. The lowest BCUT2D eigenvalue weighted by atomic mass is 10.1. The van der Waals surface area contributed by atoms with E-state index in [0.29, 0.717) is 34.7 Å². The summed E-state index contributed by atoms with van der Waals surface area (Å²) in [6, 6.07) is 20.8. The number of nitrogens with zero attached hydrogens (tertiary/aromatic N) is 1. The van der Waals surface area contributed by atoms with Crippen molar-refractivity contribution >= 4 is 22.7 Å². The minimum absolute atomic E-state index is 0.107. The average Bonchev–Trinajstić information content (AvgIpc) is 3.06. The van der Waals surface area contributed by atoms with Gasteiger partial charge in [0.2, 0.25) is 11.8 Å². The van der Waals surface area contributed by atoms with Crippen LogP contribution in [0.25, 0.3) is 22.6 Å². The van der Waals surface area contributed by atoms with E-state index in [-0.39, 0.29) is 11.7 Å². The number of amides is 1. The molecule has 1 amide bonds. The highest BCUT2D eigenvalue weighted by Gasteiger charge is 2.11. The van der Waals surface area contributed by atoms with Gasteiger partial charge < -0.3 is 9.73 Å². The van der Waals surface area contributed by atoms with Gasteiger partial charge in [0.1, 0.15) is 11.3 Å². The van der Waals surface area contributed by atoms with E-state index < -0.39 is 0 Å². The van der Waals surface area contributed by atoms with Gasteiger partial charge in [-0.25, -0.2) is 9.37 Å². The first-order valence-corrected chi connectivity index (χ1v) is 8.18. The molecular formula is C21H15FN2O2. The van der Waals surface area contributed by atoms with Crippen LogP contribution in [0, 0.1) is 5.82 Å². The van der Waals surface area contributed by atoms with Crippen molar-refractivity contribution in [1.82, 2.24) is 4.98 Å². The molecule has 0 spiro atoms. The quantitative estimate of drug-likeness (QED) is 0.577. The van der Waals surface area contributed by atoms with Crippen LogP contribution in [0.5, 0.6) is 0 Å². The number of carbonyl (C=O) groups is 1. The number of hydrogen-bond acceptors (Lipinski definition) is 3. The zero-order chi connectivity index (χ0) is 17.9. The molecule has 3 aromatic carbocycles. The van der Waals surface area contributed by atoms with Crippen LogP contribution in [0.2, 0.25) is 0 Å². The molecule has 1 heterocycles. The molecule has 0 unspecified atom stereocenters. The van der Waals surface area contributed by atoms with Gasteiger partial charge in [0.25, 0.3) is 0 Å². The van der Waals surface area contributed by atoms with Crippen molar-refractivity contribution in [3.63, 3.8) is 0 Å². The third kappa shape index (κ3) is 3.47. The van der Waals surface area contributed by atoms with Gasteiger partial charge in [-0.15, -0.1) is 0 Å². The third-order valence-corrected chi connectivity index (χ3v) is 3.95. The van der Waals surface area contributed by atoms with Crippen molar-refractivity contribution in [1.29, 1.82) is 0 Å².